The van der Waals surface area contributed by atoms with E-state index in [1.807, 2.05) is 13.0 Å². The van der Waals surface area contributed by atoms with Crippen LogP contribution in [-0.4, -0.2) is 24.2 Å². The van der Waals surface area contributed by atoms with E-state index in [-0.39, 0.29) is 0 Å². The molecule has 4 heteroatoms. The van der Waals surface area contributed by atoms with Crippen LogP contribution in [0.1, 0.15) is 30.4 Å². The fraction of sp³-hybridized carbons (Fsp3) is 0.538. The predicted molar refractivity (Wildman–Crippen MR) is 65.8 cm³/mol. The van der Waals surface area contributed by atoms with Gasteiger partial charge < -0.3 is 10.1 Å². The number of hydrogen-bond acceptors (Lipinski definition) is 4. The fourth-order valence-electron chi connectivity index (χ4n) is 2.06. The van der Waals surface area contributed by atoms with E-state index < -0.39 is 0 Å². The van der Waals surface area contributed by atoms with E-state index in [1.165, 1.54) is 0 Å². The molecule has 1 aliphatic heterocycles. The number of pyridine rings is 1. The van der Waals surface area contributed by atoms with Crippen LogP contribution in [0, 0.1) is 18.3 Å². The minimum atomic E-state index is 0.373. The van der Waals surface area contributed by atoms with Gasteiger partial charge in [-0.3, -0.25) is 0 Å². The van der Waals surface area contributed by atoms with Crippen LogP contribution in [0.15, 0.2) is 12.3 Å². The summed E-state index contributed by atoms with van der Waals surface area (Å²) in [6, 6.07) is 4.04. The van der Waals surface area contributed by atoms with Crippen LogP contribution in [0.4, 0.5) is 5.82 Å². The first-order valence-corrected chi connectivity index (χ1v) is 6.02. The Morgan fingerprint density at radius 1 is 1.65 bits per heavy atom. The highest BCUT2D eigenvalue weighted by Gasteiger charge is 2.15. The number of nitriles is 1. The summed E-state index contributed by atoms with van der Waals surface area (Å²) >= 11 is 0. The minimum Gasteiger partial charge on any atom is -0.378 e. The Hall–Kier alpha value is -1.60. The molecule has 0 spiro atoms. The highest BCUT2D eigenvalue weighted by molar-refractivity contribution is 5.55. The van der Waals surface area contributed by atoms with Gasteiger partial charge in [0.1, 0.15) is 11.9 Å². The number of ether oxygens (including phenoxy) is 1. The molecule has 1 atom stereocenters. The fourth-order valence-corrected chi connectivity index (χ4v) is 2.06. The van der Waals surface area contributed by atoms with Gasteiger partial charge in [0.25, 0.3) is 0 Å². The average molecular weight is 231 g/mol. The smallest absolute Gasteiger partial charge is 0.144 e. The van der Waals surface area contributed by atoms with Gasteiger partial charge in [-0.05, 0) is 37.8 Å². The quantitative estimate of drug-likeness (QED) is 0.863. The number of aromatic nitrogens is 1. The normalized spacial score (nSPS) is 18.9. The summed E-state index contributed by atoms with van der Waals surface area (Å²) in [6.45, 7) is 3.61. The molecule has 0 aliphatic carbocycles. The van der Waals surface area contributed by atoms with Crippen molar-refractivity contribution in [2.24, 2.45) is 0 Å². The van der Waals surface area contributed by atoms with E-state index in [9.17, 15) is 0 Å². The van der Waals surface area contributed by atoms with Gasteiger partial charge in [0.05, 0.1) is 11.7 Å². The van der Waals surface area contributed by atoms with Gasteiger partial charge in [-0.15, -0.1) is 0 Å². The zero-order valence-electron chi connectivity index (χ0n) is 10.1. The molecule has 1 N–H and O–H groups in total. The molecule has 0 bridgehead atoms. The molecule has 1 saturated heterocycles. The molecule has 1 unspecified atom stereocenters. The van der Waals surface area contributed by atoms with Crippen molar-refractivity contribution in [1.29, 1.82) is 5.26 Å². The summed E-state index contributed by atoms with van der Waals surface area (Å²) in [5.41, 5.74) is 1.60. The highest BCUT2D eigenvalue weighted by Crippen LogP contribution is 2.17. The zero-order valence-corrected chi connectivity index (χ0v) is 10.1. The molecule has 1 fully saturated rings. The van der Waals surface area contributed by atoms with E-state index in [4.69, 9.17) is 10.00 Å². The predicted octanol–water partition coefficient (Wildman–Crippen LogP) is 2.24. The summed E-state index contributed by atoms with van der Waals surface area (Å²) in [7, 11) is 0. The number of nitrogens with one attached hydrogen (secondary N) is 1. The first-order valence-electron chi connectivity index (χ1n) is 6.02. The molecule has 4 nitrogen and oxygen atoms in total. The van der Waals surface area contributed by atoms with Crippen LogP contribution in [0.5, 0.6) is 0 Å². The lowest BCUT2D eigenvalue weighted by Gasteiger charge is -2.11. The molecular formula is C13H17N3O. The number of nitrogens with zero attached hydrogens (tertiary/aromatic N) is 2. The van der Waals surface area contributed by atoms with Crippen molar-refractivity contribution in [3.63, 3.8) is 0 Å². The summed E-state index contributed by atoms with van der Waals surface area (Å²) in [5.74, 6) is 0.686. The van der Waals surface area contributed by atoms with Gasteiger partial charge in [0.15, 0.2) is 0 Å². The van der Waals surface area contributed by atoms with Crippen LogP contribution in [0.3, 0.4) is 0 Å². The number of rotatable bonds is 4. The van der Waals surface area contributed by atoms with E-state index in [0.29, 0.717) is 17.5 Å². The van der Waals surface area contributed by atoms with Gasteiger partial charge in [0.2, 0.25) is 0 Å². The average Bonchev–Trinajstić information content (AvgIpc) is 2.82. The van der Waals surface area contributed by atoms with E-state index in [2.05, 4.69) is 16.4 Å². The van der Waals surface area contributed by atoms with Gasteiger partial charge in [0, 0.05) is 19.3 Å². The molecule has 2 heterocycles. The van der Waals surface area contributed by atoms with Crippen molar-refractivity contribution in [2.75, 3.05) is 18.5 Å². The van der Waals surface area contributed by atoms with Crippen LogP contribution >= 0.6 is 0 Å². The molecular weight excluding hydrogens is 214 g/mol. The molecule has 0 radical (unpaired) electrons. The molecule has 0 amide bonds. The first kappa shape index (κ1) is 11.9. The Morgan fingerprint density at radius 3 is 3.24 bits per heavy atom. The van der Waals surface area contributed by atoms with Gasteiger partial charge in [-0.2, -0.15) is 5.26 Å². The first-order chi connectivity index (χ1) is 8.31. The zero-order chi connectivity index (χ0) is 12.1. The lowest BCUT2D eigenvalue weighted by Crippen LogP contribution is -2.13. The second-order valence-corrected chi connectivity index (χ2v) is 4.31. The standard InChI is InChI=1S/C13H17N3O/c1-10-4-6-15-13(12(10)9-14)16-7-5-11-3-2-8-17-11/h4,6,11H,2-3,5,7-8H2,1H3,(H,15,16). The summed E-state index contributed by atoms with van der Waals surface area (Å²) in [5, 5.41) is 12.3. The van der Waals surface area contributed by atoms with E-state index in [0.717, 1.165) is 38.0 Å². The summed E-state index contributed by atoms with van der Waals surface area (Å²) in [6.07, 6.45) is 5.38. The van der Waals surface area contributed by atoms with Gasteiger partial charge in [-0.1, -0.05) is 0 Å². The lowest BCUT2D eigenvalue weighted by atomic mass is 10.1. The lowest BCUT2D eigenvalue weighted by molar-refractivity contribution is 0.107. The SMILES string of the molecule is Cc1ccnc(NCCC2CCCO2)c1C#N. The van der Waals surface area contributed by atoms with Crippen LogP contribution in [0.25, 0.3) is 0 Å². The maximum absolute atomic E-state index is 9.06. The molecule has 2 rings (SSSR count). The Bertz CT molecular complexity index is 419. The van der Waals surface area contributed by atoms with Crippen molar-refractivity contribution in [3.8, 4) is 6.07 Å². The Balaban J connectivity index is 1.90. The topological polar surface area (TPSA) is 57.9 Å². The second kappa shape index (κ2) is 5.65. The third kappa shape index (κ3) is 2.95. The van der Waals surface area contributed by atoms with Crippen molar-refractivity contribution in [2.45, 2.75) is 32.3 Å². The van der Waals surface area contributed by atoms with Gasteiger partial charge >= 0.3 is 0 Å². The molecule has 1 aromatic heterocycles. The van der Waals surface area contributed by atoms with Crippen LogP contribution in [0.2, 0.25) is 0 Å². The monoisotopic (exact) mass is 231 g/mol. The molecule has 17 heavy (non-hydrogen) atoms. The Morgan fingerprint density at radius 2 is 2.53 bits per heavy atom. The van der Waals surface area contributed by atoms with Crippen molar-refractivity contribution in [1.82, 2.24) is 4.98 Å². The number of anilines is 1. The van der Waals surface area contributed by atoms with Crippen molar-refractivity contribution >= 4 is 5.82 Å². The highest BCUT2D eigenvalue weighted by atomic mass is 16.5. The maximum atomic E-state index is 9.06. The molecule has 1 aromatic rings. The maximum Gasteiger partial charge on any atom is 0.144 e. The summed E-state index contributed by atoms with van der Waals surface area (Å²) < 4.78 is 5.55. The van der Waals surface area contributed by atoms with E-state index >= 15 is 0 Å². The molecule has 1 aliphatic rings. The van der Waals surface area contributed by atoms with Gasteiger partial charge in [-0.25, -0.2) is 4.98 Å². The van der Waals surface area contributed by atoms with Crippen LogP contribution in [-0.2, 0) is 4.74 Å². The second-order valence-electron chi connectivity index (χ2n) is 4.31. The molecule has 0 aromatic carbocycles. The number of aryl methyl sites for hydroxylation is 1. The van der Waals surface area contributed by atoms with Crippen LogP contribution < -0.4 is 5.32 Å². The van der Waals surface area contributed by atoms with E-state index in [1.54, 1.807) is 6.20 Å². The molecule has 90 valence electrons. The Kier molecular flexibility index (Phi) is 3.94. The van der Waals surface area contributed by atoms with Crippen molar-refractivity contribution < 1.29 is 4.74 Å². The minimum absolute atomic E-state index is 0.373. The third-order valence-electron chi connectivity index (χ3n) is 3.05. The molecule has 0 saturated carbocycles. The Labute approximate surface area is 102 Å². The number of hydrogen-bond donors (Lipinski definition) is 1. The summed E-state index contributed by atoms with van der Waals surface area (Å²) in [4.78, 5) is 4.20. The largest absolute Gasteiger partial charge is 0.378 e. The van der Waals surface area contributed by atoms with Crippen molar-refractivity contribution in [3.05, 3.63) is 23.4 Å². The third-order valence-corrected chi connectivity index (χ3v) is 3.05.